The van der Waals surface area contributed by atoms with Gasteiger partial charge in [0, 0.05) is 13.0 Å². The summed E-state index contributed by atoms with van der Waals surface area (Å²) < 4.78 is 0. The Bertz CT molecular complexity index is 307. The van der Waals surface area contributed by atoms with E-state index in [4.69, 9.17) is 5.11 Å². The van der Waals surface area contributed by atoms with E-state index >= 15 is 0 Å². The Kier molecular flexibility index (Phi) is 4.93. The summed E-state index contributed by atoms with van der Waals surface area (Å²) >= 11 is 0. The van der Waals surface area contributed by atoms with E-state index in [0.29, 0.717) is 32.2 Å². The van der Waals surface area contributed by atoms with Gasteiger partial charge in [-0.1, -0.05) is 13.3 Å². The summed E-state index contributed by atoms with van der Waals surface area (Å²) in [7, 11) is 0. The number of carbonyl (C=O) groups excluding carboxylic acids is 2. The molecule has 96 valence electrons. The molecular weight excluding hydrogens is 224 g/mol. The maximum absolute atomic E-state index is 11.8. The molecule has 1 saturated heterocycles. The third-order valence-electron chi connectivity index (χ3n) is 2.83. The van der Waals surface area contributed by atoms with Gasteiger partial charge in [-0.05, 0) is 12.8 Å². The van der Waals surface area contributed by atoms with Gasteiger partial charge >= 0.3 is 5.97 Å². The fraction of sp³-hybridized carbons (Fsp3) is 0.727. The third kappa shape index (κ3) is 4.05. The van der Waals surface area contributed by atoms with Crippen molar-refractivity contribution in [1.82, 2.24) is 10.6 Å². The van der Waals surface area contributed by atoms with Crippen LogP contribution in [0.5, 0.6) is 0 Å². The van der Waals surface area contributed by atoms with Crippen molar-refractivity contribution in [2.75, 3.05) is 6.54 Å². The molecule has 0 aromatic heterocycles. The van der Waals surface area contributed by atoms with Gasteiger partial charge in [0.2, 0.25) is 11.8 Å². The Morgan fingerprint density at radius 1 is 1.59 bits per heavy atom. The Labute approximate surface area is 99.8 Å². The fourth-order valence-electron chi connectivity index (χ4n) is 1.79. The molecule has 6 nitrogen and oxygen atoms in total. The van der Waals surface area contributed by atoms with Crippen LogP contribution in [0.15, 0.2) is 0 Å². The Morgan fingerprint density at radius 3 is 2.76 bits per heavy atom. The molecule has 1 unspecified atom stereocenters. The van der Waals surface area contributed by atoms with Gasteiger partial charge in [0.15, 0.2) is 0 Å². The quantitative estimate of drug-likeness (QED) is 0.626. The molecule has 3 N–H and O–H groups in total. The number of rotatable bonds is 5. The summed E-state index contributed by atoms with van der Waals surface area (Å²) in [4.78, 5) is 33.6. The van der Waals surface area contributed by atoms with E-state index in [1.807, 2.05) is 6.92 Å². The monoisotopic (exact) mass is 242 g/mol. The van der Waals surface area contributed by atoms with Crippen LogP contribution in [0.25, 0.3) is 0 Å². The minimum atomic E-state index is -1.01. The molecule has 0 radical (unpaired) electrons. The lowest BCUT2D eigenvalue weighted by molar-refractivity contribution is -0.143. The highest BCUT2D eigenvalue weighted by Crippen LogP contribution is 2.11. The zero-order chi connectivity index (χ0) is 12.8. The number of aliphatic carboxylic acids is 1. The minimum Gasteiger partial charge on any atom is -0.480 e. The van der Waals surface area contributed by atoms with Crippen molar-refractivity contribution in [2.45, 2.75) is 38.6 Å². The maximum Gasteiger partial charge on any atom is 0.326 e. The minimum absolute atomic E-state index is 0.0580. The molecule has 17 heavy (non-hydrogen) atoms. The van der Waals surface area contributed by atoms with Gasteiger partial charge in [0.25, 0.3) is 0 Å². The molecule has 2 atom stereocenters. The van der Waals surface area contributed by atoms with E-state index in [2.05, 4.69) is 10.6 Å². The molecule has 1 fully saturated rings. The van der Waals surface area contributed by atoms with Gasteiger partial charge in [-0.2, -0.15) is 0 Å². The Balaban J connectivity index is 2.46. The van der Waals surface area contributed by atoms with E-state index in [9.17, 15) is 14.4 Å². The van der Waals surface area contributed by atoms with Gasteiger partial charge in [-0.15, -0.1) is 0 Å². The molecule has 1 heterocycles. The van der Waals surface area contributed by atoms with Crippen molar-refractivity contribution in [3.8, 4) is 0 Å². The first kappa shape index (κ1) is 13.5. The number of carboxylic acid groups (broad SMARTS) is 1. The highest BCUT2D eigenvalue weighted by atomic mass is 16.4. The van der Waals surface area contributed by atoms with Crippen molar-refractivity contribution in [2.24, 2.45) is 5.92 Å². The maximum atomic E-state index is 11.8. The number of nitrogens with one attached hydrogen (secondary N) is 2. The zero-order valence-corrected chi connectivity index (χ0v) is 9.86. The van der Waals surface area contributed by atoms with Gasteiger partial charge in [-0.3, -0.25) is 9.59 Å². The van der Waals surface area contributed by atoms with Crippen molar-refractivity contribution in [3.05, 3.63) is 0 Å². The van der Waals surface area contributed by atoms with Crippen LogP contribution in [0, 0.1) is 5.92 Å². The van der Waals surface area contributed by atoms with Crippen LogP contribution in [0.1, 0.15) is 32.6 Å². The van der Waals surface area contributed by atoms with Crippen LogP contribution in [0.2, 0.25) is 0 Å². The normalized spacial score (nSPS) is 21.5. The second-order valence-electron chi connectivity index (χ2n) is 4.23. The summed E-state index contributed by atoms with van der Waals surface area (Å²) in [5.41, 5.74) is 0. The largest absolute Gasteiger partial charge is 0.480 e. The number of hydrogen-bond acceptors (Lipinski definition) is 3. The number of hydrogen-bond donors (Lipinski definition) is 3. The summed E-state index contributed by atoms with van der Waals surface area (Å²) in [6, 6.07) is -0.829. The summed E-state index contributed by atoms with van der Waals surface area (Å²) in [5, 5.41) is 14.0. The van der Waals surface area contributed by atoms with Crippen molar-refractivity contribution in [3.63, 3.8) is 0 Å². The lowest BCUT2D eigenvalue weighted by Crippen LogP contribution is -2.48. The number of amides is 2. The molecule has 1 rings (SSSR count). The smallest absolute Gasteiger partial charge is 0.326 e. The van der Waals surface area contributed by atoms with Crippen molar-refractivity contribution in [1.29, 1.82) is 0 Å². The van der Waals surface area contributed by atoms with E-state index in [-0.39, 0.29) is 17.7 Å². The SMILES string of the molecule is CCC[C@H](NC(=O)C1CCC(=O)NC1)C(=O)O. The van der Waals surface area contributed by atoms with E-state index < -0.39 is 12.0 Å². The first-order valence-corrected chi connectivity index (χ1v) is 5.84. The first-order valence-electron chi connectivity index (χ1n) is 5.84. The standard InChI is InChI=1S/C11H18N2O4/c1-2-3-8(11(16)17)13-10(15)7-4-5-9(14)12-6-7/h7-8H,2-6H2,1H3,(H,12,14)(H,13,15)(H,16,17)/t7?,8-/m0/s1. The predicted octanol–water partition coefficient (Wildman–Crippen LogP) is -0.118. The highest BCUT2D eigenvalue weighted by molar-refractivity contribution is 5.87. The van der Waals surface area contributed by atoms with Crippen molar-refractivity contribution < 1.29 is 19.5 Å². The van der Waals surface area contributed by atoms with Crippen molar-refractivity contribution >= 4 is 17.8 Å². The van der Waals surface area contributed by atoms with Gasteiger partial charge < -0.3 is 15.7 Å². The average Bonchev–Trinajstić information content (AvgIpc) is 2.29. The lowest BCUT2D eigenvalue weighted by atomic mass is 9.97. The van der Waals surface area contributed by atoms with Gasteiger partial charge in [-0.25, -0.2) is 4.79 Å². The van der Waals surface area contributed by atoms with Gasteiger partial charge in [0.1, 0.15) is 6.04 Å². The highest BCUT2D eigenvalue weighted by Gasteiger charge is 2.27. The number of carbonyl (C=O) groups is 3. The Morgan fingerprint density at radius 2 is 2.29 bits per heavy atom. The topological polar surface area (TPSA) is 95.5 Å². The van der Waals surface area contributed by atoms with Crippen LogP contribution in [-0.4, -0.2) is 35.5 Å². The van der Waals surface area contributed by atoms with Crippen LogP contribution in [0.3, 0.4) is 0 Å². The molecule has 0 aromatic rings. The molecule has 1 aliphatic heterocycles. The van der Waals surface area contributed by atoms with Crippen LogP contribution < -0.4 is 10.6 Å². The molecule has 1 aliphatic rings. The molecule has 0 saturated carbocycles. The Hall–Kier alpha value is -1.59. The molecular formula is C11H18N2O4. The first-order chi connectivity index (χ1) is 8.04. The fourth-order valence-corrected chi connectivity index (χ4v) is 1.79. The molecule has 0 aliphatic carbocycles. The molecule has 0 aromatic carbocycles. The van der Waals surface area contributed by atoms with Gasteiger partial charge in [0.05, 0.1) is 5.92 Å². The van der Waals surface area contributed by atoms with Crippen LogP contribution >= 0.6 is 0 Å². The van der Waals surface area contributed by atoms with E-state index in [1.165, 1.54) is 0 Å². The second-order valence-corrected chi connectivity index (χ2v) is 4.23. The lowest BCUT2D eigenvalue weighted by Gasteiger charge is -2.23. The molecule has 6 heteroatoms. The van der Waals surface area contributed by atoms with E-state index in [0.717, 1.165) is 0 Å². The van der Waals surface area contributed by atoms with Crippen LogP contribution in [0.4, 0.5) is 0 Å². The summed E-state index contributed by atoms with van der Waals surface area (Å²) in [6.07, 6.45) is 1.92. The third-order valence-corrected chi connectivity index (χ3v) is 2.83. The average molecular weight is 242 g/mol. The second kappa shape index (κ2) is 6.22. The van der Waals surface area contributed by atoms with Crippen LogP contribution in [-0.2, 0) is 14.4 Å². The predicted molar refractivity (Wildman–Crippen MR) is 60.2 cm³/mol. The summed E-state index contributed by atoms with van der Waals surface area (Å²) in [5.74, 6) is -1.67. The zero-order valence-electron chi connectivity index (χ0n) is 9.86. The number of piperidine rings is 1. The summed E-state index contributed by atoms with van der Waals surface area (Å²) in [6.45, 7) is 2.16. The van der Waals surface area contributed by atoms with E-state index in [1.54, 1.807) is 0 Å². The molecule has 0 spiro atoms. The molecule has 2 amide bonds. The molecule has 0 bridgehead atoms. The number of carboxylic acids is 1.